The van der Waals surface area contributed by atoms with E-state index in [9.17, 15) is 14.9 Å². The van der Waals surface area contributed by atoms with Crippen molar-refractivity contribution in [2.24, 2.45) is 50.7 Å². The number of carbonyl (C=O) groups excluding carboxylic acids is 2. The SMILES string of the molecule is COCCC[C@]12CCC(C)(C)CC1C1CC(C=O)=C3[C@@]4(C)C=C(C#N)C(=O)[C@@H](C)C4CC[C@@]3(C)[C@]1(C)CC2. The molecule has 0 spiro atoms. The highest BCUT2D eigenvalue weighted by Crippen LogP contribution is 2.75. The van der Waals surface area contributed by atoms with Gasteiger partial charge in [0.2, 0.25) is 0 Å². The Hall–Kier alpha value is -1.73. The number of aldehydes is 1. The molecule has 208 valence electrons. The number of hydrogen-bond donors (Lipinski definition) is 0. The number of rotatable bonds is 5. The van der Waals surface area contributed by atoms with Crippen molar-refractivity contribution in [2.45, 2.75) is 106 Å². The van der Waals surface area contributed by atoms with Gasteiger partial charge in [0.1, 0.15) is 12.4 Å². The van der Waals surface area contributed by atoms with Gasteiger partial charge in [-0.2, -0.15) is 5.26 Å². The molecule has 0 aromatic carbocycles. The van der Waals surface area contributed by atoms with Crippen molar-refractivity contribution in [1.82, 2.24) is 0 Å². The summed E-state index contributed by atoms with van der Waals surface area (Å²) in [5.41, 5.74) is 2.77. The van der Waals surface area contributed by atoms with Crippen molar-refractivity contribution in [3.05, 3.63) is 22.8 Å². The highest BCUT2D eigenvalue weighted by molar-refractivity contribution is 6.02. The second-order valence-corrected chi connectivity index (χ2v) is 15.3. The molecule has 0 aliphatic heterocycles. The predicted molar refractivity (Wildman–Crippen MR) is 150 cm³/mol. The summed E-state index contributed by atoms with van der Waals surface area (Å²) < 4.78 is 5.49. The molecule has 0 bridgehead atoms. The zero-order valence-electron chi connectivity index (χ0n) is 24.9. The summed E-state index contributed by atoms with van der Waals surface area (Å²) >= 11 is 0. The Bertz CT molecular complexity index is 1130. The van der Waals surface area contributed by atoms with E-state index in [1.807, 2.05) is 20.1 Å². The number of fused-ring (bicyclic) bond motifs is 7. The third-order valence-corrected chi connectivity index (χ3v) is 13.2. The second kappa shape index (κ2) is 9.15. The van der Waals surface area contributed by atoms with Crippen molar-refractivity contribution in [3.8, 4) is 6.07 Å². The van der Waals surface area contributed by atoms with Gasteiger partial charge in [-0.1, -0.05) is 47.6 Å². The van der Waals surface area contributed by atoms with Crippen molar-refractivity contribution in [1.29, 1.82) is 5.26 Å². The van der Waals surface area contributed by atoms with Crippen LogP contribution in [-0.2, 0) is 14.3 Å². The minimum Gasteiger partial charge on any atom is -0.385 e. The number of hydrogen-bond acceptors (Lipinski definition) is 4. The van der Waals surface area contributed by atoms with Gasteiger partial charge in [0.25, 0.3) is 0 Å². The Morgan fingerprint density at radius 2 is 1.76 bits per heavy atom. The molecule has 0 N–H and O–H groups in total. The number of ketones is 1. The molecule has 0 aromatic heterocycles. The van der Waals surface area contributed by atoms with Crippen LogP contribution in [0.4, 0.5) is 0 Å². The number of methoxy groups -OCH3 is 1. The molecule has 5 aliphatic rings. The lowest BCUT2D eigenvalue weighted by atomic mass is 9.34. The molecule has 0 aromatic rings. The molecule has 4 nitrogen and oxygen atoms in total. The summed E-state index contributed by atoms with van der Waals surface area (Å²) in [6, 6.07) is 2.21. The molecule has 0 radical (unpaired) electrons. The number of allylic oxidation sites excluding steroid dienone is 4. The van der Waals surface area contributed by atoms with E-state index in [1.165, 1.54) is 44.1 Å². The van der Waals surface area contributed by atoms with E-state index in [-0.39, 0.29) is 28.4 Å². The quantitative estimate of drug-likeness (QED) is 0.277. The van der Waals surface area contributed by atoms with Crippen LogP contribution in [0.15, 0.2) is 22.8 Å². The third-order valence-electron chi connectivity index (χ3n) is 13.2. The molecular weight excluding hydrogens is 470 g/mol. The van der Waals surface area contributed by atoms with Crippen LogP contribution in [0, 0.1) is 62.1 Å². The zero-order valence-corrected chi connectivity index (χ0v) is 24.9. The standard InChI is InChI=1S/C34H49NO3/c1-22-25-9-11-33(6)29(31(25,4)18-24(20-35)28(22)37)23(21-36)17-26-27-19-30(2,3)12-14-34(27,10-8-16-38-7)15-13-32(26,33)5/h18,21-22,25-27H,8-17,19H2,1-7H3/t22-,25?,26?,27?,31-,32+,33+,34+/m0/s1. The van der Waals surface area contributed by atoms with Gasteiger partial charge < -0.3 is 4.74 Å². The van der Waals surface area contributed by atoms with E-state index < -0.39 is 5.41 Å². The highest BCUT2D eigenvalue weighted by Gasteiger charge is 2.67. The molecule has 3 unspecified atom stereocenters. The van der Waals surface area contributed by atoms with Crippen molar-refractivity contribution >= 4 is 12.1 Å². The molecular formula is C34H49NO3. The topological polar surface area (TPSA) is 67.2 Å². The fraction of sp³-hybridized carbons (Fsp3) is 0.794. The lowest BCUT2D eigenvalue weighted by Crippen LogP contribution is -2.62. The lowest BCUT2D eigenvalue weighted by molar-refractivity contribution is -0.162. The van der Waals surface area contributed by atoms with Crippen molar-refractivity contribution < 1.29 is 14.3 Å². The van der Waals surface area contributed by atoms with Crippen molar-refractivity contribution in [3.63, 3.8) is 0 Å². The highest BCUT2D eigenvalue weighted by atomic mass is 16.5. The smallest absolute Gasteiger partial charge is 0.176 e. The van der Waals surface area contributed by atoms with Crippen LogP contribution < -0.4 is 0 Å². The summed E-state index contributed by atoms with van der Waals surface area (Å²) in [7, 11) is 1.81. The maximum atomic E-state index is 13.0. The molecule has 8 atom stereocenters. The van der Waals surface area contributed by atoms with E-state index in [4.69, 9.17) is 4.74 Å². The van der Waals surface area contributed by atoms with Crippen LogP contribution in [0.2, 0.25) is 0 Å². The molecule has 5 aliphatic carbocycles. The number of nitriles is 1. The van der Waals surface area contributed by atoms with Crippen LogP contribution in [0.1, 0.15) is 106 Å². The Labute approximate surface area is 230 Å². The van der Waals surface area contributed by atoms with Gasteiger partial charge in [0, 0.05) is 25.0 Å². The first kappa shape index (κ1) is 27.8. The summed E-state index contributed by atoms with van der Waals surface area (Å²) in [5, 5.41) is 9.87. The van der Waals surface area contributed by atoms with Crippen LogP contribution in [-0.4, -0.2) is 25.8 Å². The Morgan fingerprint density at radius 3 is 2.42 bits per heavy atom. The second-order valence-electron chi connectivity index (χ2n) is 15.3. The van der Waals surface area contributed by atoms with Gasteiger partial charge in [0.15, 0.2) is 5.78 Å². The zero-order chi connectivity index (χ0) is 27.7. The first-order valence-corrected chi connectivity index (χ1v) is 15.2. The van der Waals surface area contributed by atoms with E-state index in [2.05, 4.69) is 40.7 Å². The Morgan fingerprint density at radius 1 is 1.05 bits per heavy atom. The molecule has 3 fully saturated rings. The van der Waals surface area contributed by atoms with Gasteiger partial charge in [-0.15, -0.1) is 0 Å². The fourth-order valence-electron chi connectivity index (χ4n) is 11.0. The molecule has 3 saturated carbocycles. The van der Waals surface area contributed by atoms with E-state index in [0.717, 1.165) is 44.1 Å². The summed E-state index contributed by atoms with van der Waals surface area (Å²) in [5.74, 6) is 1.03. The monoisotopic (exact) mass is 519 g/mol. The first-order chi connectivity index (χ1) is 17.8. The minimum atomic E-state index is -0.422. The molecule has 38 heavy (non-hydrogen) atoms. The molecule has 0 heterocycles. The molecule has 4 heteroatoms. The molecule has 5 rings (SSSR count). The normalized spacial score (nSPS) is 45.6. The summed E-state index contributed by atoms with van der Waals surface area (Å²) in [6.45, 7) is 15.0. The maximum Gasteiger partial charge on any atom is 0.176 e. The van der Waals surface area contributed by atoms with Gasteiger partial charge in [-0.25, -0.2) is 0 Å². The average Bonchev–Trinajstić information content (AvgIpc) is 2.87. The van der Waals surface area contributed by atoms with E-state index in [1.54, 1.807) is 0 Å². The molecule has 0 amide bonds. The molecule has 0 saturated heterocycles. The first-order valence-electron chi connectivity index (χ1n) is 15.2. The van der Waals surface area contributed by atoms with Crippen LogP contribution in [0.5, 0.6) is 0 Å². The number of nitrogens with zero attached hydrogens (tertiary/aromatic N) is 1. The predicted octanol–water partition coefficient (Wildman–Crippen LogP) is 7.63. The van der Waals surface area contributed by atoms with Gasteiger partial charge >= 0.3 is 0 Å². The number of carbonyl (C=O) groups is 2. The maximum absolute atomic E-state index is 13.0. The van der Waals surface area contributed by atoms with Crippen LogP contribution in [0.25, 0.3) is 0 Å². The fourth-order valence-corrected chi connectivity index (χ4v) is 11.0. The average molecular weight is 520 g/mol. The van der Waals surface area contributed by atoms with E-state index >= 15 is 0 Å². The van der Waals surface area contributed by atoms with Gasteiger partial charge in [-0.05, 0) is 115 Å². The van der Waals surface area contributed by atoms with Gasteiger partial charge in [-0.3, -0.25) is 9.59 Å². The lowest BCUT2D eigenvalue weighted by Gasteiger charge is -2.70. The summed E-state index contributed by atoms with van der Waals surface area (Å²) in [6.07, 6.45) is 14.6. The van der Waals surface area contributed by atoms with Crippen LogP contribution in [0.3, 0.4) is 0 Å². The summed E-state index contributed by atoms with van der Waals surface area (Å²) in [4.78, 5) is 26.0. The van der Waals surface area contributed by atoms with Crippen molar-refractivity contribution in [2.75, 3.05) is 13.7 Å². The van der Waals surface area contributed by atoms with Gasteiger partial charge in [0.05, 0.1) is 5.57 Å². The Kier molecular flexibility index (Phi) is 6.70. The minimum absolute atomic E-state index is 0.0188. The van der Waals surface area contributed by atoms with E-state index in [0.29, 0.717) is 28.2 Å². The Balaban J connectivity index is 1.66. The largest absolute Gasteiger partial charge is 0.385 e. The number of Topliss-reactive ketones (excluding diaryl/α,β-unsaturated/α-hetero) is 1. The third kappa shape index (κ3) is 3.70. The number of ether oxygens (including phenoxy) is 1. The van der Waals surface area contributed by atoms with Crippen LogP contribution >= 0.6 is 0 Å².